The van der Waals surface area contributed by atoms with E-state index < -0.39 is 6.10 Å². The van der Waals surface area contributed by atoms with Crippen molar-refractivity contribution in [1.29, 1.82) is 0 Å². The summed E-state index contributed by atoms with van der Waals surface area (Å²) in [6, 6.07) is 11.6. The molecule has 28 heavy (non-hydrogen) atoms. The third-order valence-electron chi connectivity index (χ3n) is 4.62. The zero-order valence-corrected chi connectivity index (χ0v) is 16.7. The quantitative estimate of drug-likeness (QED) is 0.654. The molecular formula is C22H26N4O2. The number of aryl methyl sites for hydroxylation is 3. The van der Waals surface area contributed by atoms with Gasteiger partial charge in [0.15, 0.2) is 5.82 Å². The molecule has 1 unspecified atom stereocenters. The predicted molar refractivity (Wildman–Crippen MR) is 111 cm³/mol. The second-order valence-corrected chi connectivity index (χ2v) is 6.89. The van der Waals surface area contributed by atoms with E-state index in [1.165, 1.54) is 0 Å². The van der Waals surface area contributed by atoms with E-state index in [0.717, 1.165) is 28.1 Å². The van der Waals surface area contributed by atoms with Crippen molar-refractivity contribution in [2.45, 2.75) is 33.8 Å². The number of benzene rings is 1. The monoisotopic (exact) mass is 378 g/mol. The van der Waals surface area contributed by atoms with Crippen LogP contribution in [-0.2, 0) is 0 Å². The minimum atomic E-state index is -0.674. The van der Waals surface area contributed by atoms with Crippen LogP contribution in [-0.4, -0.2) is 39.3 Å². The van der Waals surface area contributed by atoms with Crippen LogP contribution in [0.15, 0.2) is 42.6 Å². The average Bonchev–Trinajstić information content (AvgIpc) is 2.69. The molecule has 146 valence electrons. The number of aliphatic hydroxyl groups is 1. The van der Waals surface area contributed by atoms with E-state index in [4.69, 9.17) is 4.74 Å². The summed E-state index contributed by atoms with van der Waals surface area (Å²) in [4.78, 5) is 13.4. The number of nitrogens with zero attached hydrogens (tertiary/aromatic N) is 3. The van der Waals surface area contributed by atoms with Crippen LogP contribution in [0.2, 0.25) is 0 Å². The molecule has 6 heteroatoms. The van der Waals surface area contributed by atoms with Gasteiger partial charge in [-0.15, -0.1) is 0 Å². The summed E-state index contributed by atoms with van der Waals surface area (Å²) in [5, 5.41) is 13.6. The van der Waals surface area contributed by atoms with Crippen molar-refractivity contribution < 1.29 is 9.84 Å². The largest absolute Gasteiger partial charge is 0.490 e. The van der Waals surface area contributed by atoms with Crippen molar-refractivity contribution in [2.24, 2.45) is 0 Å². The molecule has 0 spiro atoms. The first-order valence-electron chi connectivity index (χ1n) is 9.33. The lowest BCUT2D eigenvalue weighted by molar-refractivity contribution is 0.116. The Hall–Kier alpha value is -2.99. The van der Waals surface area contributed by atoms with Crippen LogP contribution < -0.4 is 10.1 Å². The number of para-hydroxylation sites is 1. The molecule has 0 aliphatic heterocycles. The number of hydrogen-bond acceptors (Lipinski definition) is 6. The molecule has 1 aromatic carbocycles. The van der Waals surface area contributed by atoms with Crippen molar-refractivity contribution >= 4 is 5.82 Å². The second-order valence-electron chi connectivity index (χ2n) is 6.89. The van der Waals surface area contributed by atoms with Crippen molar-refractivity contribution in [3.63, 3.8) is 0 Å². The number of nitrogens with one attached hydrogen (secondary N) is 1. The third kappa shape index (κ3) is 4.64. The van der Waals surface area contributed by atoms with Crippen molar-refractivity contribution in [2.75, 3.05) is 18.5 Å². The summed E-state index contributed by atoms with van der Waals surface area (Å²) < 4.78 is 5.83. The lowest BCUT2D eigenvalue weighted by Gasteiger charge is -2.17. The maximum Gasteiger partial charge on any atom is 0.180 e. The molecule has 0 aliphatic carbocycles. The number of pyridine rings is 1. The molecular weight excluding hydrogens is 352 g/mol. The molecule has 0 saturated carbocycles. The van der Waals surface area contributed by atoms with Gasteiger partial charge < -0.3 is 15.2 Å². The van der Waals surface area contributed by atoms with E-state index in [-0.39, 0.29) is 6.61 Å². The minimum absolute atomic E-state index is 0.203. The summed E-state index contributed by atoms with van der Waals surface area (Å²) in [6.07, 6.45) is 1.04. The molecule has 0 radical (unpaired) electrons. The van der Waals surface area contributed by atoms with Crippen LogP contribution >= 0.6 is 0 Å². The van der Waals surface area contributed by atoms with Crippen LogP contribution in [0.5, 0.6) is 5.75 Å². The van der Waals surface area contributed by atoms with E-state index in [9.17, 15) is 5.11 Å². The summed E-state index contributed by atoms with van der Waals surface area (Å²) in [7, 11) is 0. The molecule has 2 N–H and O–H groups in total. The standard InChI is InChI=1S/C22H26N4O2/c1-14-8-7-9-15(2)20(14)28-13-18(27)12-24-21-16(3)17(4)25-22(26-21)19-10-5-6-11-23-19/h5-11,18,27H,12-13H2,1-4H3,(H,24,25,26). The molecule has 0 amide bonds. The second kappa shape index (κ2) is 8.80. The summed E-state index contributed by atoms with van der Waals surface area (Å²) in [6.45, 7) is 8.42. The Morgan fingerprint density at radius 2 is 1.75 bits per heavy atom. The number of rotatable bonds is 7. The van der Waals surface area contributed by atoms with Gasteiger partial charge in [0.2, 0.25) is 0 Å². The zero-order chi connectivity index (χ0) is 20.1. The molecule has 3 rings (SSSR count). The van der Waals surface area contributed by atoms with Gasteiger partial charge in [-0.2, -0.15) is 0 Å². The fraction of sp³-hybridized carbons (Fsp3) is 0.318. The molecule has 2 aromatic heterocycles. The highest BCUT2D eigenvalue weighted by Gasteiger charge is 2.13. The molecule has 6 nitrogen and oxygen atoms in total. The van der Waals surface area contributed by atoms with Gasteiger partial charge in [0.05, 0.1) is 0 Å². The molecule has 0 aliphatic rings. The fourth-order valence-corrected chi connectivity index (χ4v) is 2.89. The van der Waals surface area contributed by atoms with E-state index in [1.54, 1.807) is 6.20 Å². The van der Waals surface area contributed by atoms with Crippen LogP contribution in [0, 0.1) is 27.7 Å². The highest BCUT2D eigenvalue weighted by Crippen LogP contribution is 2.23. The Balaban J connectivity index is 1.66. The number of anilines is 1. The number of aliphatic hydroxyl groups excluding tert-OH is 1. The first-order chi connectivity index (χ1) is 13.5. The smallest absolute Gasteiger partial charge is 0.180 e. The Morgan fingerprint density at radius 3 is 2.43 bits per heavy atom. The number of hydrogen-bond donors (Lipinski definition) is 2. The Labute approximate surface area is 165 Å². The van der Waals surface area contributed by atoms with E-state index >= 15 is 0 Å². The maximum atomic E-state index is 10.4. The minimum Gasteiger partial charge on any atom is -0.490 e. The SMILES string of the molecule is Cc1cccc(C)c1OCC(O)CNc1nc(-c2ccccn2)nc(C)c1C. The van der Waals surface area contributed by atoms with E-state index in [1.807, 2.05) is 64.1 Å². The lowest BCUT2D eigenvalue weighted by Crippen LogP contribution is -2.27. The van der Waals surface area contributed by atoms with Gasteiger partial charge in [-0.1, -0.05) is 24.3 Å². The molecule has 1 atom stereocenters. The highest BCUT2D eigenvalue weighted by molar-refractivity contribution is 5.56. The van der Waals surface area contributed by atoms with Gasteiger partial charge in [0.1, 0.15) is 30.0 Å². The molecule has 2 heterocycles. The van der Waals surface area contributed by atoms with Crippen molar-refractivity contribution in [3.05, 3.63) is 65.0 Å². The normalized spacial score (nSPS) is 11.9. The van der Waals surface area contributed by atoms with E-state index in [0.29, 0.717) is 23.9 Å². The third-order valence-corrected chi connectivity index (χ3v) is 4.62. The summed E-state index contributed by atoms with van der Waals surface area (Å²) in [5.41, 5.74) is 4.65. The van der Waals surface area contributed by atoms with Gasteiger partial charge in [-0.25, -0.2) is 9.97 Å². The predicted octanol–water partition coefficient (Wildman–Crippen LogP) is 3.62. The van der Waals surface area contributed by atoms with Crippen LogP contribution in [0.1, 0.15) is 22.4 Å². The number of aromatic nitrogens is 3. The Bertz CT molecular complexity index is 925. The molecule has 0 saturated heterocycles. The summed E-state index contributed by atoms with van der Waals surface area (Å²) in [5.74, 6) is 2.08. The van der Waals surface area contributed by atoms with Gasteiger partial charge in [-0.3, -0.25) is 4.98 Å². The zero-order valence-electron chi connectivity index (χ0n) is 16.7. The lowest BCUT2D eigenvalue weighted by atomic mass is 10.1. The van der Waals surface area contributed by atoms with Crippen LogP contribution in [0.4, 0.5) is 5.82 Å². The number of ether oxygens (including phenoxy) is 1. The van der Waals surface area contributed by atoms with Crippen LogP contribution in [0.3, 0.4) is 0 Å². The van der Waals surface area contributed by atoms with Crippen molar-refractivity contribution in [3.8, 4) is 17.3 Å². The van der Waals surface area contributed by atoms with Gasteiger partial charge in [0.25, 0.3) is 0 Å². The average molecular weight is 378 g/mol. The van der Waals surface area contributed by atoms with Crippen LogP contribution in [0.25, 0.3) is 11.5 Å². The highest BCUT2D eigenvalue weighted by atomic mass is 16.5. The Morgan fingerprint density at radius 1 is 1.00 bits per heavy atom. The fourth-order valence-electron chi connectivity index (χ4n) is 2.89. The molecule has 3 aromatic rings. The molecule has 0 bridgehead atoms. The first kappa shape index (κ1) is 19.8. The van der Waals surface area contributed by atoms with Gasteiger partial charge in [-0.05, 0) is 51.0 Å². The molecule has 0 fully saturated rings. The maximum absolute atomic E-state index is 10.4. The van der Waals surface area contributed by atoms with Gasteiger partial charge >= 0.3 is 0 Å². The summed E-state index contributed by atoms with van der Waals surface area (Å²) >= 11 is 0. The van der Waals surface area contributed by atoms with E-state index in [2.05, 4.69) is 20.3 Å². The Kier molecular flexibility index (Phi) is 6.21. The first-order valence-corrected chi connectivity index (χ1v) is 9.33. The topological polar surface area (TPSA) is 80.2 Å². The van der Waals surface area contributed by atoms with Crippen molar-refractivity contribution in [1.82, 2.24) is 15.0 Å². The van der Waals surface area contributed by atoms with Gasteiger partial charge in [0, 0.05) is 24.0 Å².